The second-order valence-corrected chi connectivity index (χ2v) is 8.31. The highest BCUT2D eigenvalue weighted by Gasteiger charge is 2.24. The quantitative estimate of drug-likeness (QED) is 0.938. The van der Waals surface area contributed by atoms with Crippen molar-refractivity contribution in [3.05, 3.63) is 23.2 Å². The van der Waals surface area contributed by atoms with Gasteiger partial charge in [0.25, 0.3) is 10.0 Å². The van der Waals surface area contributed by atoms with Gasteiger partial charge in [0.05, 0.1) is 20.1 Å². The van der Waals surface area contributed by atoms with Gasteiger partial charge in [-0.2, -0.15) is 0 Å². The molecule has 112 valence electrons. The highest BCUT2D eigenvalue weighted by molar-refractivity contribution is 7.90. The largest absolute Gasteiger partial charge is 0.274 e. The normalized spacial score (nSPS) is 15.9. The number of nitrogens with zero attached hydrogens (tertiary/aromatic N) is 1. The predicted octanol–water partition coefficient (Wildman–Crippen LogP) is 2.60. The van der Waals surface area contributed by atoms with Crippen molar-refractivity contribution >= 4 is 37.5 Å². The summed E-state index contributed by atoms with van der Waals surface area (Å²) in [6.07, 6.45) is 3.45. The Bertz CT molecular complexity index is 792. The molecule has 0 bridgehead atoms. The summed E-state index contributed by atoms with van der Waals surface area (Å²) in [5.74, 6) is -0.0768. The number of benzene rings is 1. The molecule has 3 rings (SSSR count). The van der Waals surface area contributed by atoms with E-state index >= 15 is 0 Å². The summed E-state index contributed by atoms with van der Waals surface area (Å²) in [5.41, 5.74) is 0.775. The molecule has 0 atom stereocenters. The SMILES string of the molecule is Cc1nc2ccc(S(=O)(=O)NC(=O)CC3CCC3)cc2s1. The number of hydrogen-bond donors (Lipinski definition) is 1. The summed E-state index contributed by atoms with van der Waals surface area (Å²) in [5, 5.41) is 0.883. The van der Waals surface area contributed by atoms with Crippen LogP contribution >= 0.6 is 11.3 Å². The van der Waals surface area contributed by atoms with Gasteiger partial charge in [-0.15, -0.1) is 11.3 Å². The van der Waals surface area contributed by atoms with Crippen LogP contribution < -0.4 is 4.72 Å². The first-order valence-corrected chi connectivity index (χ1v) is 9.17. The third-order valence-electron chi connectivity index (χ3n) is 3.72. The maximum Gasteiger partial charge on any atom is 0.264 e. The van der Waals surface area contributed by atoms with Gasteiger partial charge in [0, 0.05) is 6.42 Å². The first kappa shape index (κ1) is 14.5. The average molecular weight is 324 g/mol. The lowest BCUT2D eigenvalue weighted by molar-refractivity contribution is -0.120. The molecule has 1 fully saturated rings. The standard InChI is InChI=1S/C14H16N2O3S2/c1-9-15-12-6-5-11(8-13(12)20-9)21(18,19)16-14(17)7-10-3-2-4-10/h5-6,8,10H,2-4,7H2,1H3,(H,16,17). The molecule has 1 N–H and O–H groups in total. The van der Waals surface area contributed by atoms with Crippen molar-refractivity contribution in [2.75, 3.05) is 0 Å². The van der Waals surface area contributed by atoms with E-state index in [0.717, 1.165) is 34.5 Å². The minimum atomic E-state index is -3.79. The van der Waals surface area contributed by atoms with Crippen LogP contribution in [0.5, 0.6) is 0 Å². The van der Waals surface area contributed by atoms with E-state index in [1.165, 1.54) is 17.4 Å². The first-order chi connectivity index (χ1) is 9.94. The Hall–Kier alpha value is -1.47. The second-order valence-electron chi connectivity index (χ2n) is 5.39. The van der Waals surface area contributed by atoms with Gasteiger partial charge in [0.15, 0.2) is 0 Å². The number of fused-ring (bicyclic) bond motifs is 1. The molecule has 1 heterocycles. The van der Waals surface area contributed by atoms with Gasteiger partial charge < -0.3 is 0 Å². The van der Waals surface area contributed by atoms with Gasteiger partial charge in [-0.3, -0.25) is 4.79 Å². The van der Waals surface area contributed by atoms with Crippen molar-refractivity contribution < 1.29 is 13.2 Å². The smallest absolute Gasteiger partial charge is 0.264 e. The third-order valence-corrected chi connectivity index (χ3v) is 6.03. The molecule has 0 saturated heterocycles. The van der Waals surface area contributed by atoms with Crippen LogP contribution in [0.3, 0.4) is 0 Å². The van der Waals surface area contributed by atoms with Gasteiger partial charge in [0.1, 0.15) is 0 Å². The molecule has 5 nitrogen and oxygen atoms in total. The van der Waals surface area contributed by atoms with Gasteiger partial charge in [-0.05, 0) is 43.9 Å². The summed E-state index contributed by atoms with van der Waals surface area (Å²) in [7, 11) is -3.79. The van der Waals surface area contributed by atoms with Crippen LogP contribution in [0.25, 0.3) is 10.2 Å². The number of aromatic nitrogens is 1. The minimum Gasteiger partial charge on any atom is -0.274 e. The average Bonchev–Trinajstić information content (AvgIpc) is 2.72. The number of rotatable bonds is 4. The molecule has 1 aromatic heterocycles. The molecular formula is C14H16N2O3S2. The molecule has 1 aliphatic rings. The van der Waals surface area contributed by atoms with Crippen molar-refractivity contribution in [3.63, 3.8) is 0 Å². The Morgan fingerprint density at radius 1 is 1.43 bits per heavy atom. The Balaban J connectivity index is 1.79. The van der Waals surface area contributed by atoms with E-state index in [4.69, 9.17) is 0 Å². The first-order valence-electron chi connectivity index (χ1n) is 6.87. The number of carbonyl (C=O) groups excluding carboxylic acids is 1. The number of thiazole rings is 1. The van der Waals surface area contributed by atoms with E-state index < -0.39 is 15.9 Å². The fourth-order valence-electron chi connectivity index (χ4n) is 2.40. The molecule has 2 aromatic rings. The predicted molar refractivity (Wildman–Crippen MR) is 81.6 cm³/mol. The summed E-state index contributed by atoms with van der Waals surface area (Å²) < 4.78 is 27.4. The van der Waals surface area contributed by atoms with Crippen LogP contribution in [0.15, 0.2) is 23.1 Å². The van der Waals surface area contributed by atoms with E-state index in [9.17, 15) is 13.2 Å². The molecule has 7 heteroatoms. The van der Waals surface area contributed by atoms with Crippen LogP contribution in [0.4, 0.5) is 0 Å². The number of aryl methyl sites for hydroxylation is 1. The van der Waals surface area contributed by atoms with Gasteiger partial charge >= 0.3 is 0 Å². The summed E-state index contributed by atoms with van der Waals surface area (Å²) in [6.45, 7) is 1.87. The van der Waals surface area contributed by atoms with Crippen molar-refractivity contribution in [1.82, 2.24) is 9.71 Å². The Labute approximate surface area is 127 Å². The van der Waals surface area contributed by atoms with E-state index in [0.29, 0.717) is 12.3 Å². The van der Waals surface area contributed by atoms with Crippen LogP contribution in [0.1, 0.15) is 30.7 Å². The number of nitrogens with one attached hydrogen (secondary N) is 1. The topological polar surface area (TPSA) is 76.1 Å². The lowest BCUT2D eigenvalue weighted by Crippen LogP contribution is -2.33. The Morgan fingerprint density at radius 2 is 2.19 bits per heavy atom. The Morgan fingerprint density at radius 3 is 2.86 bits per heavy atom. The second kappa shape index (κ2) is 5.38. The fourth-order valence-corrected chi connectivity index (χ4v) is 4.36. The molecule has 1 aliphatic carbocycles. The van der Waals surface area contributed by atoms with E-state index in [1.807, 2.05) is 6.92 Å². The highest BCUT2D eigenvalue weighted by Crippen LogP contribution is 2.29. The summed E-state index contributed by atoms with van der Waals surface area (Å²) >= 11 is 1.44. The van der Waals surface area contributed by atoms with Gasteiger partial charge in [0.2, 0.25) is 5.91 Å². The lowest BCUT2D eigenvalue weighted by atomic mass is 9.83. The van der Waals surface area contributed by atoms with Gasteiger partial charge in [-0.25, -0.2) is 18.1 Å². The molecule has 1 aromatic carbocycles. The van der Waals surface area contributed by atoms with Crippen LogP contribution in [0.2, 0.25) is 0 Å². The van der Waals surface area contributed by atoms with E-state index in [1.54, 1.807) is 12.1 Å². The fraction of sp³-hybridized carbons (Fsp3) is 0.429. The molecule has 0 spiro atoms. The zero-order valence-corrected chi connectivity index (χ0v) is 13.3. The minimum absolute atomic E-state index is 0.112. The molecule has 0 radical (unpaired) electrons. The van der Waals surface area contributed by atoms with Crippen molar-refractivity contribution in [3.8, 4) is 0 Å². The van der Waals surface area contributed by atoms with Crippen LogP contribution in [-0.2, 0) is 14.8 Å². The van der Waals surface area contributed by atoms with Gasteiger partial charge in [-0.1, -0.05) is 6.42 Å². The van der Waals surface area contributed by atoms with Crippen molar-refractivity contribution in [2.24, 2.45) is 5.92 Å². The number of amides is 1. The molecule has 0 aliphatic heterocycles. The molecule has 21 heavy (non-hydrogen) atoms. The molecule has 1 saturated carbocycles. The summed E-state index contributed by atoms with van der Waals surface area (Å²) in [6, 6.07) is 4.73. The zero-order valence-electron chi connectivity index (χ0n) is 11.6. The van der Waals surface area contributed by atoms with Crippen LogP contribution in [0, 0.1) is 12.8 Å². The lowest BCUT2D eigenvalue weighted by Gasteiger charge is -2.24. The van der Waals surface area contributed by atoms with E-state index in [2.05, 4.69) is 9.71 Å². The third kappa shape index (κ3) is 3.08. The maximum absolute atomic E-state index is 12.2. The van der Waals surface area contributed by atoms with E-state index in [-0.39, 0.29) is 4.90 Å². The maximum atomic E-state index is 12.2. The number of hydrogen-bond acceptors (Lipinski definition) is 5. The monoisotopic (exact) mass is 324 g/mol. The summed E-state index contributed by atoms with van der Waals surface area (Å²) in [4.78, 5) is 16.2. The van der Waals surface area contributed by atoms with Crippen molar-refractivity contribution in [2.45, 2.75) is 37.5 Å². The number of sulfonamides is 1. The van der Waals surface area contributed by atoms with Crippen LogP contribution in [-0.4, -0.2) is 19.3 Å². The molecule has 0 unspecified atom stereocenters. The number of carbonyl (C=O) groups is 1. The zero-order chi connectivity index (χ0) is 15.0. The molecule has 1 amide bonds. The molecular weight excluding hydrogens is 308 g/mol. The van der Waals surface area contributed by atoms with Crippen molar-refractivity contribution in [1.29, 1.82) is 0 Å². The Kier molecular flexibility index (Phi) is 3.71. The highest BCUT2D eigenvalue weighted by atomic mass is 32.2.